The largest absolute Gasteiger partial charge is 0.456 e. The number of nitrogens with zero attached hydrogens (tertiary/aromatic N) is 4. The van der Waals surface area contributed by atoms with Gasteiger partial charge in [-0.2, -0.15) is 0 Å². The molecule has 5 heteroatoms. The summed E-state index contributed by atoms with van der Waals surface area (Å²) >= 11 is 0. The van der Waals surface area contributed by atoms with Gasteiger partial charge < -0.3 is 8.98 Å². The first-order valence-electron chi connectivity index (χ1n) is 17.2. The van der Waals surface area contributed by atoms with Gasteiger partial charge in [0.1, 0.15) is 17.0 Å². The van der Waals surface area contributed by atoms with Gasteiger partial charge in [0, 0.05) is 61.3 Å². The number of fused-ring (bicyclic) bond motifs is 10. The molecule has 0 saturated carbocycles. The van der Waals surface area contributed by atoms with Crippen molar-refractivity contribution < 1.29 is 4.42 Å². The van der Waals surface area contributed by atoms with Crippen molar-refractivity contribution in [2.45, 2.75) is 0 Å². The zero-order chi connectivity index (χ0) is 33.5. The highest BCUT2D eigenvalue weighted by Gasteiger charge is 2.22. The molecular weight excluding hydrogens is 625 g/mol. The van der Waals surface area contributed by atoms with Crippen molar-refractivity contribution in [1.82, 2.24) is 19.1 Å². The van der Waals surface area contributed by atoms with Gasteiger partial charge in [-0.25, -0.2) is 9.97 Å². The van der Waals surface area contributed by atoms with E-state index in [1.807, 2.05) is 36.4 Å². The summed E-state index contributed by atoms with van der Waals surface area (Å²) < 4.78 is 11.0. The Morgan fingerprint density at radius 1 is 0.392 bits per heavy atom. The summed E-state index contributed by atoms with van der Waals surface area (Å²) in [4.78, 5) is 10.3. The van der Waals surface area contributed by atoms with Crippen molar-refractivity contribution in [3.8, 4) is 34.2 Å². The van der Waals surface area contributed by atoms with E-state index in [1.165, 1.54) is 21.5 Å². The number of para-hydroxylation sites is 3. The highest BCUT2D eigenvalue weighted by atomic mass is 16.3. The van der Waals surface area contributed by atoms with Crippen LogP contribution in [0, 0.1) is 0 Å². The molecule has 0 aliphatic heterocycles. The van der Waals surface area contributed by atoms with E-state index < -0.39 is 0 Å². The average molecular weight is 653 g/mol. The van der Waals surface area contributed by atoms with E-state index in [0.29, 0.717) is 5.82 Å². The molecule has 51 heavy (non-hydrogen) atoms. The van der Waals surface area contributed by atoms with E-state index in [1.54, 1.807) is 0 Å². The van der Waals surface area contributed by atoms with E-state index in [4.69, 9.17) is 14.4 Å². The minimum atomic E-state index is 0.691. The second kappa shape index (κ2) is 10.8. The van der Waals surface area contributed by atoms with Crippen LogP contribution >= 0.6 is 0 Å². The first-order chi connectivity index (χ1) is 25.3. The van der Waals surface area contributed by atoms with Crippen LogP contribution in [-0.4, -0.2) is 19.1 Å². The van der Waals surface area contributed by atoms with E-state index in [2.05, 4.69) is 143 Å². The molecule has 0 spiro atoms. The first kappa shape index (κ1) is 27.9. The van der Waals surface area contributed by atoms with E-state index in [-0.39, 0.29) is 0 Å². The molecule has 0 saturated heterocycles. The summed E-state index contributed by atoms with van der Waals surface area (Å²) in [5.41, 5.74) is 10.2. The lowest BCUT2D eigenvalue weighted by Crippen LogP contribution is -2.02. The van der Waals surface area contributed by atoms with Crippen LogP contribution in [-0.2, 0) is 0 Å². The number of aromatic nitrogens is 4. The molecule has 0 N–H and O–H groups in total. The Kier molecular flexibility index (Phi) is 5.89. The van der Waals surface area contributed by atoms with E-state index in [9.17, 15) is 0 Å². The van der Waals surface area contributed by atoms with Gasteiger partial charge in [0.25, 0.3) is 0 Å². The molecule has 11 aromatic rings. The summed E-state index contributed by atoms with van der Waals surface area (Å²) in [6.45, 7) is 0. The third kappa shape index (κ3) is 4.15. The maximum Gasteiger partial charge on any atom is 0.162 e. The van der Waals surface area contributed by atoms with E-state index >= 15 is 0 Å². The lowest BCUT2D eigenvalue weighted by Gasteiger charge is -2.12. The predicted molar refractivity (Wildman–Crippen MR) is 209 cm³/mol. The fraction of sp³-hybridized carbons (Fsp3) is 0. The van der Waals surface area contributed by atoms with Crippen molar-refractivity contribution in [1.29, 1.82) is 0 Å². The van der Waals surface area contributed by atoms with Gasteiger partial charge in [-0.05, 0) is 42.5 Å². The van der Waals surface area contributed by atoms with Crippen molar-refractivity contribution in [2.24, 2.45) is 0 Å². The Hall–Kier alpha value is -6.98. The van der Waals surface area contributed by atoms with Crippen molar-refractivity contribution in [3.63, 3.8) is 0 Å². The van der Waals surface area contributed by atoms with E-state index in [0.717, 1.165) is 72.3 Å². The van der Waals surface area contributed by atoms with Crippen LogP contribution in [0.5, 0.6) is 0 Å². The predicted octanol–water partition coefficient (Wildman–Crippen LogP) is 11.9. The Labute approximate surface area is 292 Å². The smallest absolute Gasteiger partial charge is 0.162 e. The molecule has 7 aromatic carbocycles. The fourth-order valence-electron chi connectivity index (χ4n) is 7.92. The van der Waals surface area contributed by atoms with Gasteiger partial charge in [0.15, 0.2) is 5.82 Å². The molecule has 0 unspecified atom stereocenters. The Balaban J connectivity index is 1.22. The maximum atomic E-state index is 6.35. The van der Waals surface area contributed by atoms with Crippen molar-refractivity contribution in [2.75, 3.05) is 0 Å². The molecule has 0 aliphatic rings. The molecule has 5 nitrogen and oxygen atoms in total. The maximum absolute atomic E-state index is 6.35. The molecule has 0 radical (unpaired) electrons. The van der Waals surface area contributed by atoms with Gasteiger partial charge in [-0.3, -0.25) is 4.57 Å². The Morgan fingerprint density at radius 3 is 1.69 bits per heavy atom. The van der Waals surface area contributed by atoms with Crippen molar-refractivity contribution >= 4 is 65.6 Å². The Bertz CT molecular complexity index is 3080. The van der Waals surface area contributed by atoms with Crippen molar-refractivity contribution in [3.05, 3.63) is 170 Å². The molecule has 238 valence electrons. The Morgan fingerprint density at radius 2 is 0.961 bits per heavy atom. The molecule has 0 aliphatic carbocycles. The topological polar surface area (TPSA) is 48.8 Å². The highest BCUT2D eigenvalue weighted by Crippen LogP contribution is 2.43. The van der Waals surface area contributed by atoms with Crippen LogP contribution in [0.4, 0.5) is 0 Å². The second-order valence-corrected chi connectivity index (χ2v) is 13.0. The zero-order valence-corrected chi connectivity index (χ0v) is 27.4. The molecule has 11 rings (SSSR count). The quantitative estimate of drug-likeness (QED) is 0.190. The van der Waals surface area contributed by atoms with Crippen LogP contribution in [0.2, 0.25) is 0 Å². The fourth-order valence-corrected chi connectivity index (χ4v) is 7.92. The monoisotopic (exact) mass is 652 g/mol. The summed E-state index contributed by atoms with van der Waals surface area (Å²) in [7, 11) is 0. The standard InChI is InChI=1S/C46H28N4O/c1-3-13-29(14-4-1)36-28-43(48-46(47-36)30-15-5-2-6-16-30)50-38-21-11-8-19-35(38)45-40(50)26-25-39-44(45)34-18-7-10-20-37(34)49(39)31-23-24-33-32-17-9-12-22-41(32)51-42(33)27-31/h1-28H. The molecule has 4 heterocycles. The van der Waals surface area contributed by atoms with Crippen LogP contribution < -0.4 is 0 Å². The number of benzene rings is 7. The third-order valence-corrected chi connectivity index (χ3v) is 10.1. The van der Waals surface area contributed by atoms with Gasteiger partial charge in [0.05, 0.1) is 27.8 Å². The normalized spacial score (nSPS) is 11.9. The second-order valence-electron chi connectivity index (χ2n) is 13.0. The third-order valence-electron chi connectivity index (χ3n) is 10.1. The first-order valence-corrected chi connectivity index (χ1v) is 17.2. The number of furan rings is 1. The minimum absolute atomic E-state index is 0.691. The highest BCUT2D eigenvalue weighted by molar-refractivity contribution is 6.29. The van der Waals surface area contributed by atoms with Gasteiger partial charge in [0.2, 0.25) is 0 Å². The lowest BCUT2D eigenvalue weighted by molar-refractivity contribution is 0.668. The average Bonchev–Trinajstić information content (AvgIpc) is 3.85. The molecule has 0 bridgehead atoms. The molecule has 0 fully saturated rings. The lowest BCUT2D eigenvalue weighted by atomic mass is 10.1. The molecule has 0 amide bonds. The van der Waals surface area contributed by atoms with Crippen LogP contribution in [0.1, 0.15) is 0 Å². The molecule has 0 atom stereocenters. The zero-order valence-electron chi connectivity index (χ0n) is 27.4. The number of hydrogen-bond donors (Lipinski definition) is 0. The summed E-state index contributed by atoms with van der Waals surface area (Å²) in [5.74, 6) is 1.52. The molecular formula is C46H28N4O. The van der Waals surface area contributed by atoms with Crippen LogP contribution in [0.15, 0.2) is 174 Å². The van der Waals surface area contributed by atoms with Gasteiger partial charge in [-0.15, -0.1) is 0 Å². The van der Waals surface area contributed by atoms with Crippen LogP contribution in [0.3, 0.4) is 0 Å². The van der Waals surface area contributed by atoms with Gasteiger partial charge in [-0.1, -0.05) is 115 Å². The summed E-state index contributed by atoms with van der Waals surface area (Å²) in [5, 5.41) is 7.03. The number of hydrogen-bond acceptors (Lipinski definition) is 3. The minimum Gasteiger partial charge on any atom is -0.456 e. The number of rotatable bonds is 4. The van der Waals surface area contributed by atoms with Gasteiger partial charge >= 0.3 is 0 Å². The van der Waals surface area contributed by atoms with Crippen LogP contribution in [0.25, 0.3) is 99.7 Å². The molecule has 4 aromatic heterocycles. The summed E-state index contributed by atoms with van der Waals surface area (Å²) in [6.07, 6.45) is 0. The SMILES string of the molecule is c1ccc(-c2cc(-n3c4ccccc4c4c5c6ccccc6n(-c6ccc7c(c6)oc6ccccc67)c5ccc43)nc(-c3ccccc3)n2)cc1. The summed E-state index contributed by atoms with van der Waals surface area (Å²) in [6, 6.07) is 59.4.